The molecule has 5 nitrogen and oxygen atoms in total. The van der Waals surface area contributed by atoms with Gasteiger partial charge >= 0.3 is 0 Å². The first-order valence-electron chi connectivity index (χ1n) is 7.76. The minimum Gasteiger partial charge on any atom is -0.491 e. The highest BCUT2D eigenvalue weighted by Gasteiger charge is 2.39. The number of hydrogen-bond donors (Lipinski definition) is 1. The van der Waals surface area contributed by atoms with E-state index in [4.69, 9.17) is 4.74 Å². The molecule has 2 rings (SSSR count). The average Bonchev–Trinajstić information content (AvgIpc) is 2.52. The molecule has 130 valence electrons. The Morgan fingerprint density at radius 3 is 2.71 bits per heavy atom. The van der Waals surface area contributed by atoms with Crippen molar-refractivity contribution in [3.05, 3.63) is 54.1 Å². The second kappa shape index (κ2) is 7.21. The predicted octanol–water partition coefficient (Wildman–Crippen LogP) is 2.42. The summed E-state index contributed by atoms with van der Waals surface area (Å²) < 4.78 is 30.3. The van der Waals surface area contributed by atoms with Crippen LogP contribution in [0.1, 0.15) is 24.7 Å². The van der Waals surface area contributed by atoms with Crippen LogP contribution in [0.2, 0.25) is 0 Å². The number of allylic oxidation sites excluding steroid dienone is 2. The van der Waals surface area contributed by atoms with Crippen LogP contribution in [0.4, 0.5) is 0 Å². The van der Waals surface area contributed by atoms with Crippen molar-refractivity contribution in [3.8, 4) is 5.75 Å². The molecule has 0 saturated heterocycles. The van der Waals surface area contributed by atoms with E-state index in [0.717, 1.165) is 5.57 Å². The normalized spacial score (nSPS) is 22.0. The third-order valence-electron chi connectivity index (χ3n) is 4.26. The predicted molar refractivity (Wildman–Crippen MR) is 94.6 cm³/mol. The topological polar surface area (TPSA) is 72.5 Å². The SMILES string of the molecule is C=C/C=C(\C)[C@H](C)C(=O)NC1COc2ccccc2C1S(C)(=O)=O. The Labute approximate surface area is 143 Å². The average molecular weight is 349 g/mol. The van der Waals surface area contributed by atoms with Crippen molar-refractivity contribution >= 4 is 15.7 Å². The van der Waals surface area contributed by atoms with Crippen molar-refractivity contribution in [2.75, 3.05) is 12.9 Å². The van der Waals surface area contributed by atoms with Crippen LogP contribution in [0.3, 0.4) is 0 Å². The Bertz CT molecular complexity index is 767. The minimum absolute atomic E-state index is 0.122. The summed E-state index contributed by atoms with van der Waals surface area (Å²) in [5, 5.41) is 2.02. The number of sulfone groups is 1. The maximum Gasteiger partial charge on any atom is 0.227 e. The van der Waals surface area contributed by atoms with E-state index < -0.39 is 21.1 Å². The van der Waals surface area contributed by atoms with Gasteiger partial charge in [-0.05, 0) is 19.9 Å². The standard InChI is InChI=1S/C18H23NO4S/c1-5-8-12(2)13(3)18(20)19-15-11-23-16-10-7-6-9-14(16)17(15)24(4,21)22/h5-10,13,15,17H,1,11H2,2-4H3,(H,19,20)/b12-8+/t13-,15?,17?/m0/s1. The summed E-state index contributed by atoms with van der Waals surface area (Å²) in [5.74, 6) is -0.0539. The summed E-state index contributed by atoms with van der Waals surface area (Å²) >= 11 is 0. The Morgan fingerprint density at radius 2 is 2.08 bits per heavy atom. The summed E-state index contributed by atoms with van der Waals surface area (Å²) in [6.07, 6.45) is 4.58. The summed E-state index contributed by atoms with van der Waals surface area (Å²) in [5.41, 5.74) is 1.44. The van der Waals surface area contributed by atoms with Crippen LogP contribution in [-0.2, 0) is 14.6 Å². The number of rotatable bonds is 5. The molecule has 1 N–H and O–H groups in total. The van der Waals surface area contributed by atoms with E-state index in [1.54, 1.807) is 43.3 Å². The Balaban J connectivity index is 2.29. The van der Waals surface area contributed by atoms with Crippen LogP contribution in [0.25, 0.3) is 0 Å². The maximum atomic E-state index is 12.5. The summed E-state index contributed by atoms with van der Waals surface area (Å²) in [7, 11) is -3.42. The zero-order chi connectivity index (χ0) is 17.9. The molecule has 1 aromatic rings. The number of ether oxygens (including phenoxy) is 1. The van der Waals surface area contributed by atoms with Crippen molar-refractivity contribution in [3.63, 3.8) is 0 Å². The molecule has 0 fully saturated rings. The summed E-state index contributed by atoms with van der Waals surface area (Å²) in [6.45, 7) is 7.36. The highest BCUT2D eigenvalue weighted by atomic mass is 32.2. The first kappa shape index (κ1) is 18.3. The summed E-state index contributed by atoms with van der Waals surface area (Å²) in [4.78, 5) is 12.5. The molecule has 0 aliphatic carbocycles. The van der Waals surface area contributed by atoms with Gasteiger partial charge < -0.3 is 10.1 Å². The molecule has 0 saturated carbocycles. The summed E-state index contributed by atoms with van der Waals surface area (Å²) in [6, 6.07) is 6.41. The Morgan fingerprint density at radius 1 is 1.42 bits per heavy atom. The van der Waals surface area contributed by atoms with E-state index >= 15 is 0 Å². The monoisotopic (exact) mass is 349 g/mol. The number of para-hydroxylation sites is 1. The molecule has 1 aromatic carbocycles. The number of benzene rings is 1. The molecule has 0 bridgehead atoms. The van der Waals surface area contributed by atoms with Gasteiger partial charge in [-0.25, -0.2) is 8.42 Å². The second-order valence-corrected chi connectivity index (χ2v) is 8.25. The van der Waals surface area contributed by atoms with Crippen molar-refractivity contribution in [2.24, 2.45) is 5.92 Å². The number of carbonyl (C=O) groups excluding carboxylic acids is 1. The van der Waals surface area contributed by atoms with E-state index in [1.165, 1.54) is 6.26 Å². The van der Waals surface area contributed by atoms with E-state index in [0.29, 0.717) is 11.3 Å². The van der Waals surface area contributed by atoms with Crippen molar-refractivity contribution in [2.45, 2.75) is 25.1 Å². The van der Waals surface area contributed by atoms with E-state index in [-0.39, 0.29) is 18.4 Å². The molecule has 1 aliphatic heterocycles. The third kappa shape index (κ3) is 3.87. The van der Waals surface area contributed by atoms with Gasteiger partial charge in [0.1, 0.15) is 17.6 Å². The zero-order valence-corrected chi connectivity index (χ0v) is 15.0. The van der Waals surface area contributed by atoms with Crippen LogP contribution < -0.4 is 10.1 Å². The van der Waals surface area contributed by atoms with Crippen LogP contribution in [-0.4, -0.2) is 33.2 Å². The fraction of sp³-hybridized carbons (Fsp3) is 0.389. The van der Waals surface area contributed by atoms with Gasteiger partial charge in [0.2, 0.25) is 5.91 Å². The molecule has 3 atom stereocenters. The van der Waals surface area contributed by atoms with Crippen molar-refractivity contribution in [1.82, 2.24) is 5.32 Å². The lowest BCUT2D eigenvalue weighted by Gasteiger charge is -2.33. The fourth-order valence-electron chi connectivity index (χ4n) is 2.82. The number of hydrogen-bond acceptors (Lipinski definition) is 4. The molecule has 0 spiro atoms. The highest BCUT2D eigenvalue weighted by Crippen LogP contribution is 2.37. The smallest absolute Gasteiger partial charge is 0.227 e. The van der Waals surface area contributed by atoms with Gasteiger partial charge in [0, 0.05) is 11.8 Å². The number of amides is 1. The molecule has 0 radical (unpaired) electrons. The van der Waals surface area contributed by atoms with E-state index in [2.05, 4.69) is 11.9 Å². The molecule has 1 aliphatic rings. The maximum absolute atomic E-state index is 12.5. The molecule has 1 amide bonds. The molecule has 1 heterocycles. The van der Waals surface area contributed by atoms with Gasteiger partial charge in [0.05, 0.1) is 12.0 Å². The van der Waals surface area contributed by atoms with Gasteiger partial charge in [-0.1, -0.05) is 42.5 Å². The van der Waals surface area contributed by atoms with Gasteiger partial charge in [-0.15, -0.1) is 0 Å². The lowest BCUT2D eigenvalue weighted by molar-refractivity contribution is -0.124. The van der Waals surface area contributed by atoms with Crippen LogP contribution in [0.15, 0.2) is 48.6 Å². The van der Waals surface area contributed by atoms with Gasteiger partial charge in [0.15, 0.2) is 9.84 Å². The van der Waals surface area contributed by atoms with Crippen molar-refractivity contribution in [1.29, 1.82) is 0 Å². The lowest BCUT2D eigenvalue weighted by atomic mass is 9.98. The third-order valence-corrected chi connectivity index (χ3v) is 5.76. The van der Waals surface area contributed by atoms with Gasteiger partial charge in [-0.3, -0.25) is 4.79 Å². The van der Waals surface area contributed by atoms with Gasteiger partial charge in [0.25, 0.3) is 0 Å². The first-order chi connectivity index (χ1) is 11.3. The first-order valence-corrected chi connectivity index (χ1v) is 9.71. The largest absolute Gasteiger partial charge is 0.491 e. The highest BCUT2D eigenvalue weighted by molar-refractivity contribution is 7.91. The minimum atomic E-state index is -3.42. The molecule has 0 aromatic heterocycles. The lowest BCUT2D eigenvalue weighted by Crippen LogP contribution is -2.49. The molecule has 24 heavy (non-hydrogen) atoms. The Hall–Kier alpha value is -2.08. The quantitative estimate of drug-likeness (QED) is 0.829. The Kier molecular flexibility index (Phi) is 5.49. The number of carbonyl (C=O) groups is 1. The van der Waals surface area contributed by atoms with Crippen molar-refractivity contribution < 1.29 is 17.9 Å². The number of fused-ring (bicyclic) bond motifs is 1. The number of nitrogens with one attached hydrogen (secondary N) is 1. The zero-order valence-electron chi connectivity index (χ0n) is 14.2. The van der Waals surface area contributed by atoms with Crippen LogP contribution in [0.5, 0.6) is 5.75 Å². The van der Waals surface area contributed by atoms with Crippen LogP contribution in [0, 0.1) is 5.92 Å². The molecular weight excluding hydrogens is 326 g/mol. The molecule has 6 heteroatoms. The van der Waals surface area contributed by atoms with E-state index in [9.17, 15) is 13.2 Å². The fourth-order valence-corrected chi connectivity index (χ4v) is 4.22. The van der Waals surface area contributed by atoms with Gasteiger partial charge in [-0.2, -0.15) is 0 Å². The molecule has 2 unspecified atom stereocenters. The second-order valence-electron chi connectivity index (χ2n) is 6.08. The molecular formula is C18H23NO4S. The van der Waals surface area contributed by atoms with Crippen LogP contribution >= 0.6 is 0 Å². The van der Waals surface area contributed by atoms with E-state index in [1.807, 2.05) is 6.92 Å².